The van der Waals surface area contributed by atoms with Gasteiger partial charge in [-0.15, -0.1) is 0 Å². The lowest BCUT2D eigenvalue weighted by atomic mass is 9.93. The summed E-state index contributed by atoms with van der Waals surface area (Å²) in [5, 5.41) is 2.96. The molecule has 1 N–H and O–H groups in total. The average Bonchev–Trinajstić information content (AvgIpc) is 3.32. The summed E-state index contributed by atoms with van der Waals surface area (Å²) in [7, 11) is 0. The third kappa shape index (κ3) is 2.52. The zero-order valence-electron chi connectivity index (χ0n) is 12.5. The Balaban J connectivity index is 1.90. The van der Waals surface area contributed by atoms with Crippen LogP contribution in [0.4, 0.5) is 0 Å². The topological polar surface area (TPSA) is 62.3 Å². The summed E-state index contributed by atoms with van der Waals surface area (Å²) >= 11 is 0. The van der Waals surface area contributed by atoms with E-state index in [0.29, 0.717) is 13.0 Å². The molecule has 0 radical (unpaired) electrons. The number of nitrogens with one attached hydrogen (secondary N) is 1. The molecule has 5 nitrogen and oxygen atoms in total. The van der Waals surface area contributed by atoms with E-state index in [0.717, 1.165) is 18.4 Å². The third-order valence-corrected chi connectivity index (χ3v) is 4.73. The van der Waals surface area contributed by atoms with Gasteiger partial charge < -0.3 is 10.2 Å². The van der Waals surface area contributed by atoms with E-state index in [2.05, 4.69) is 10.3 Å². The van der Waals surface area contributed by atoms with Crippen molar-refractivity contribution < 1.29 is 9.59 Å². The molecule has 1 aromatic heterocycles. The Morgan fingerprint density at radius 1 is 1.33 bits per heavy atom. The van der Waals surface area contributed by atoms with Crippen molar-refractivity contribution in [3.8, 4) is 0 Å². The lowest BCUT2D eigenvalue weighted by Crippen LogP contribution is -2.57. The standard InChI is InChI=1S/C16H21N3O2/c1-11(12-5-8-17-9-6-12)19-10-7-14(20)18-16(2,15(19)21)13-3-4-13/h5-6,8-9,11,13H,3-4,7,10H2,1-2H3,(H,18,20). The normalized spacial score (nSPS) is 28.0. The van der Waals surface area contributed by atoms with Crippen molar-refractivity contribution in [2.45, 2.75) is 44.7 Å². The molecule has 1 saturated carbocycles. The lowest BCUT2D eigenvalue weighted by Gasteiger charge is -2.35. The third-order valence-electron chi connectivity index (χ3n) is 4.73. The molecule has 2 amide bonds. The summed E-state index contributed by atoms with van der Waals surface area (Å²) in [4.78, 5) is 30.8. The minimum absolute atomic E-state index is 0.0258. The van der Waals surface area contributed by atoms with E-state index in [-0.39, 0.29) is 23.8 Å². The second kappa shape index (κ2) is 5.13. The SMILES string of the molecule is CC(c1ccncc1)N1CCC(=O)NC(C)(C2CC2)C1=O. The van der Waals surface area contributed by atoms with E-state index in [1.54, 1.807) is 12.4 Å². The number of carbonyl (C=O) groups excluding carboxylic acids is 2. The van der Waals surface area contributed by atoms with Crippen LogP contribution in [-0.4, -0.2) is 33.8 Å². The molecule has 2 unspecified atom stereocenters. The van der Waals surface area contributed by atoms with Crippen LogP contribution in [0.2, 0.25) is 0 Å². The van der Waals surface area contributed by atoms with E-state index in [1.165, 1.54) is 0 Å². The minimum atomic E-state index is -0.741. The van der Waals surface area contributed by atoms with Gasteiger partial charge in [0.05, 0.1) is 6.04 Å². The number of pyridine rings is 1. The highest BCUT2D eigenvalue weighted by Crippen LogP contribution is 2.42. The molecule has 1 aromatic rings. The summed E-state index contributed by atoms with van der Waals surface area (Å²) in [5.41, 5.74) is 0.306. The number of hydrogen-bond acceptors (Lipinski definition) is 3. The first kappa shape index (κ1) is 14.0. The molecule has 0 bridgehead atoms. The van der Waals surface area contributed by atoms with Crippen molar-refractivity contribution >= 4 is 11.8 Å². The molecule has 2 fully saturated rings. The van der Waals surface area contributed by atoms with Crippen molar-refractivity contribution in [3.05, 3.63) is 30.1 Å². The Hall–Kier alpha value is -1.91. The fraction of sp³-hybridized carbons (Fsp3) is 0.562. The maximum absolute atomic E-state index is 13.0. The fourth-order valence-corrected chi connectivity index (χ4v) is 3.16. The Morgan fingerprint density at radius 2 is 2.00 bits per heavy atom. The van der Waals surface area contributed by atoms with Crippen molar-refractivity contribution in [3.63, 3.8) is 0 Å². The smallest absolute Gasteiger partial charge is 0.248 e. The fourth-order valence-electron chi connectivity index (χ4n) is 3.16. The predicted octanol–water partition coefficient (Wildman–Crippen LogP) is 1.66. The van der Waals surface area contributed by atoms with Gasteiger partial charge in [0, 0.05) is 25.4 Å². The van der Waals surface area contributed by atoms with Crippen molar-refractivity contribution in [1.82, 2.24) is 15.2 Å². The van der Waals surface area contributed by atoms with E-state index >= 15 is 0 Å². The van der Waals surface area contributed by atoms with Gasteiger partial charge in [0.15, 0.2) is 0 Å². The number of amides is 2. The van der Waals surface area contributed by atoms with Gasteiger partial charge in [0.1, 0.15) is 5.54 Å². The molecular formula is C16H21N3O2. The monoisotopic (exact) mass is 287 g/mol. The van der Waals surface area contributed by atoms with Crippen LogP contribution in [0, 0.1) is 5.92 Å². The zero-order valence-corrected chi connectivity index (χ0v) is 12.5. The molecule has 21 heavy (non-hydrogen) atoms. The summed E-state index contributed by atoms with van der Waals surface area (Å²) in [6, 6.07) is 3.80. The van der Waals surface area contributed by atoms with Gasteiger partial charge in [0.2, 0.25) is 11.8 Å². The van der Waals surface area contributed by atoms with Gasteiger partial charge in [-0.3, -0.25) is 14.6 Å². The molecule has 0 spiro atoms. The highest BCUT2D eigenvalue weighted by Gasteiger charge is 2.51. The second-order valence-corrected chi connectivity index (χ2v) is 6.23. The number of aromatic nitrogens is 1. The first-order chi connectivity index (χ1) is 10.0. The molecule has 1 saturated heterocycles. The molecular weight excluding hydrogens is 266 g/mol. The first-order valence-electron chi connectivity index (χ1n) is 7.54. The predicted molar refractivity (Wildman–Crippen MR) is 78.3 cm³/mol. The Morgan fingerprint density at radius 3 is 2.62 bits per heavy atom. The van der Waals surface area contributed by atoms with Crippen LogP contribution in [0.3, 0.4) is 0 Å². The van der Waals surface area contributed by atoms with Crippen molar-refractivity contribution in [2.75, 3.05) is 6.54 Å². The Kier molecular flexibility index (Phi) is 3.43. The summed E-state index contributed by atoms with van der Waals surface area (Å²) in [6.45, 7) is 4.36. The van der Waals surface area contributed by atoms with Crippen LogP contribution in [0.15, 0.2) is 24.5 Å². The van der Waals surface area contributed by atoms with Crippen LogP contribution in [-0.2, 0) is 9.59 Å². The van der Waals surface area contributed by atoms with Crippen LogP contribution in [0.5, 0.6) is 0 Å². The molecule has 2 aliphatic rings. The van der Waals surface area contributed by atoms with Gasteiger partial charge in [-0.1, -0.05) is 0 Å². The number of nitrogens with zero attached hydrogens (tertiary/aromatic N) is 2. The maximum atomic E-state index is 13.0. The number of hydrogen-bond donors (Lipinski definition) is 1. The molecule has 5 heteroatoms. The molecule has 2 heterocycles. The highest BCUT2D eigenvalue weighted by atomic mass is 16.2. The minimum Gasteiger partial charge on any atom is -0.342 e. The summed E-state index contributed by atoms with van der Waals surface area (Å²) in [5.74, 6) is 0.293. The van der Waals surface area contributed by atoms with E-state index in [1.807, 2.05) is 30.9 Å². The van der Waals surface area contributed by atoms with Gasteiger partial charge >= 0.3 is 0 Å². The molecule has 1 aliphatic heterocycles. The summed E-state index contributed by atoms with van der Waals surface area (Å²) < 4.78 is 0. The number of rotatable bonds is 3. The van der Waals surface area contributed by atoms with Crippen LogP contribution in [0.25, 0.3) is 0 Å². The van der Waals surface area contributed by atoms with Crippen molar-refractivity contribution in [1.29, 1.82) is 0 Å². The van der Waals surface area contributed by atoms with Gasteiger partial charge in [0.25, 0.3) is 0 Å². The van der Waals surface area contributed by atoms with Crippen LogP contribution in [0.1, 0.15) is 44.7 Å². The lowest BCUT2D eigenvalue weighted by molar-refractivity contribution is -0.141. The summed E-state index contributed by atoms with van der Waals surface area (Å²) in [6.07, 6.45) is 5.86. The average molecular weight is 287 g/mol. The van der Waals surface area contributed by atoms with Crippen molar-refractivity contribution in [2.24, 2.45) is 5.92 Å². The van der Waals surface area contributed by atoms with Crippen LogP contribution >= 0.6 is 0 Å². The number of carbonyl (C=O) groups is 2. The quantitative estimate of drug-likeness (QED) is 0.919. The van der Waals surface area contributed by atoms with E-state index in [9.17, 15) is 9.59 Å². The van der Waals surface area contributed by atoms with Gasteiger partial charge in [-0.05, 0) is 50.3 Å². The Labute approximate surface area is 124 Å². The second-order valence-electron chi connectivity index (χ2n) is 6.23. The van der Waals surface area contributed by atoms with E-state index < -0.39 is 5.54 Å². The largest absolute Gasteiger partial charge is 0.342 e. The van der Waals surface area contributed by atoms with E-state index in [4.69, 9.17) is 0 Å². The maximum Gasteiger partial charge on any atom is 0.248 e. The molecule has 3 rings (SSSR count). The first-order valence-corrected chi connectivity index (χ1v) is 7.54. The highest BCUT2D eigenvalue weighted by molar-refractivity contribution is 5.94. The van der Waals surface area contributed by atoms with Gasteiger partial charge in [-0.2, -0.15) is 0 Å². The Bertz CT molecular complexity index is 556. The molecule has 2 atom stereocenters. The van der Waals surface area contributed by atoms with Gasteiger partial charge in [-0.25, -0.2) is 0 Å². The molecule has 112 valence electrons. The molecule has 1 aliphatic carbocycles. The van der Waals surface area contributed by atoms with Crippen LogP contribution < -0.4 is 5.32 Å². The molecule has 0 aromatic carbocycles. The zero-order chi connectivity index (χ0) is 15.0.